The average Bonchev–Trinajstić information content (AvgIpc) is 2.63. The van der Waals surface area contributed by atoms with Crippen LogP contribution in [0.1, 0.15) is 35.8 Å². The van der Waals surface area contributed by atoms with E-state index in [1.54, 1.807) is 0 Å². The second-order valence-corrected chi connectivity index (χ2v) is 7.24. The summed E-state index contributed by atoms with van der Waals surface area (Å²) in [6.45, 7) is 3.55. The monoisotopic (exact) mass is 353 g/mol. The van der Waals surface area contributed by atoms with Crippen LogP contribution in [0.3, 0.4) is 0 Å². The fourth-order valence-corrected chi connectivity index (χ4v) is 3.64. The number of hydrogen-bond donors (Lipinski definition) is 1. The highest BCUT2D eigenvalue weighted by Gasteiger charge is 2.30. The summed E-state index contributed by atoms with van der Waals surface area (Å²) in [7, 11) is 4.07. The number of carboxylic acid groups (broad SMARTS) is 1. The van der Waals surface area contributed by atoms with Crippen LogP contribution in [0.5, 0.6) is 0 Å². The number of hydrogen-bond acceptors (Lipinski definition) is 4. The zero-order valence-corrected chi connectivity index (χ0v) is 15.7. The van der Waals surface area contributed by atoms with Gasteiger partial charge >= 0.3 is 5.97 Å². The van der Waals surface area contributed by atoms with Gasteiger partial charge < -0.3 is 10.0 Å². The van der Waals surface area contributed by atoms with Crippen molar-refractivity contribution in [3.05, 3.63) is 59.4 Å². The molecule has 1 N–H and O–H groups in total. The van der Waals surface area contributed by atoms with E-state index in [9.17, 15) is 9.90 Å². The van der Waals surface area contributed by atoms with Crippen LogP contribution in [0.15, 0.2) is 42.5 Å². The molecule has 0 saturated carbocycles. The molecular weight excluding hydrogens is 326 g/mol. The van der Waals surface area contributed by atoms with Crippen LogP contribution in [-0.2, 0) is 4.79 Å². The van der Waals surface area contributed by atoms with E-state index in [-0.39, 0.29) is 12.0 Å². The van der Waals surface area contributed by atoms with Crippen LogP contribution in [0.4, 0.5) is 5.69 Å². The number of rotatable bonds is 5. The van der Waals surface area contributed by atoms with Crippen LogP contribution in [-0.4, -0.2) is 48.1 Å². The third kappa shape index (κ3) is 4.05. The van der Waals surface area contributed by atoms with Gasteiger partial charge in [0.1, 0.15) is 0 Å². The molecule has 0 bridgehead atoms. The van der Waals surface area contributed by atoms with E-state index in [1.807, 2.05) is 33.2 Å². The number of benzene rings is 1. The highest BCUT2D eigenvalue weighted by atomic mass is 16.4. The number of carboxylic acids is 1. The molecule has 138 valence electrons. The molecule has 1 atom stereocenters. The fraction of sp³-hybridized carbons (Fsp3) is 0.429. The average molecular weight is 353 g/mol. The van der Waals surface area contributed by atoms with Crippen LogP contribution in [0.25, 0.3) is 0 Å². The Bertz CT molecular complexity index is 750. The molecule has 5 nitrogen and oxygen atoms in total. The Hall–Kier alpha value is -2.40. The molecule has 1 fully saturated rings. The number of carbonyl (C=O) groups is 1. The Morgan fingerprint density at radius 1 is 1.15 bits per heavy atom. The topological polar surface area (TPSA) is 56.7 Å². The van der Waals surface area contributed by atoms with Gasteiger partial charge in [-0.25, -0.2) is 0 Å². The van der Waals surface area contributed by atoms with E-state index in [2.05, 4.69) is 40.1 Å². The molecule has 5 heteroatoms. The van der Waals surface area contributed by atoms with Gasteiger partial charge in [0.2, 0.25) is 0 Å². The van der Waals surface area contributed by atoms with E-state index in [1.165, 1.54) is 5.56 Å². The van der Waals surface area contributed by atoms with Crippen LogP contribution < -0.4 is 4.90 Å². The Balaban J connectivity index is 1.91. The van der Waals surface area contributed by atoms with Gasteiger partial charge in [-0.05, 0) is 62.7 Å². The molecule has 1 unspecified atom stereocenters. The van der Waals surface area contributed by atoms with Crippen LogP contribution in [0, 0.1) is 12.8 Å². The SMILES string of the molecule is Cc1cccc(C(c2ccc(N(C)C)cc2)N2CCC(C(=O)O)CC2)n1. The summed E-state index contributed by atoms with van der Waals surface area (Å²) in [5, 5.41) is 9.28. The molecule has 0 amide bonds. The zero-order chi connectivity index (χ0) is 18.7. The molecule has 0 aliphatic carbocycles. The number of piperidine rings is 1. The minimum atomic E-state index is -0.676. The van der Waals surface area contributed by atoms with E-state index in [4.69, 9.17) is 4.98 Å². The maximum atomic E-state index is 11.3. The third-order valence-corrected chi connectivity index (χ3v) is 5.16. The predicted molar refractivity (Wildman–Crippen MR) is 104 cm³/mol. The first-order chi connectivity index (χ1) is 12.5. The molecule has 1 aromatic carbocycles. The Morgan fingerprint density at radius 3 is 2.35 bits per heavy atom. The van der Waals surface area contributed by atoms with Crippen molar-refractivity contribution in [3.8, 4) is 0 Å². The maximum absolute atomic E-state index is 11.3. The Labute approximate surface area is 155 Å². The molecule has 2 heterocycles. The summed E-state index contributed by atoms with van der Waals surface area (Å²) < 4.78 is 0. The lowest BCUT2D eigenvalue weighted by atomic mass is 9.93. The third-order valence-electron chi connectivity index (χ3n) is 5.16. The summed E-state index contributed by atoms with van der Waals surface area (Å²) in [6.07, 6.45) is 1.38. The quantitative estimate of drug-likeness (QED) is 0.893. The molecule has 0 radical (unpaired) electrons. The van der Waals surface area contributed by atoms with E-state index < -0.39 is 5.97 Å². The predicted octanol–water partition coefficient (Wildman–Crippen LogP) is 3.34. The smallest absolute Gasteiger partial charge is 0.306 e. The second-order valence-electron chi connectivity index (χ2n) is 7.24. The van der Waals surface area contributed by atoms with Crippen molar-refractivity contribution in [1.29, 1.82) is 0 Å². The van der Waals surface area contributed by atoms with Gasteiger partial charge in [0, 0.05) is 25.5 Å². The number of aliphatic carboxylic acids is 1. The Morgan fingerprint density at radius 2 is 1.81 bits per heavy atom. The standard InChI is InChI=1S/C21H27N3O2/c1-15-5-4-6-19(22-15)20(16-7-9-18(10-8-16)23(2)3)24-13-11-17(12-14-24)21(25)26/h4-10,17,20H,11-14H2,1-3H3,(H,25,26). The fourth-order valence-electron chi connectivity index (χ4n) is 3.64. The number of anilines is 1. The van der Waals surface area contributed by atoms with Crippen LogP contribution >= 0.6 is 0 Å². The molecule has 1 saturated heterocycles. The highest BCUT2D eigenvalue weighted by molar-refractivity contribution is 5.70. The summed E-state index contributed by atoms with van der Waals surface area (Å²) in [5.74, 6) is -0.904. The molecule has 1 aliphatic heterocycles. The lowest BCUT2D eigenvalue weighted by Gasteiger charge is -2.36. The van der Waals surface area contributed by atoms with Crippen molar-refractivity contribution in [2.24, 2.45) is 5.92 Å². The molecular formula is C21H27N3O2. The summed E-state index contributed by atoms with van der Waals surface area (Å²) in [5.41, 5.74) is 4.38. The number of nitrogens with zero attached hydrogens (tertiary/aromatic N) is 3. The minimum absolute atomic E-state index is 0.0563. The first-order valence-electron chi connectivity index (χ1n) is 9.13. The van der Waals surface area contributed by atoms with Crippen molar-refractivity contribution < 1.29 is 9.90 Å². The van der Waals surface area contributed by atoms with Crippen molar-refractivity contribution in [2.75, 3.05) is 32.1 Å². The number of aryl methyl sites for hydroxylation is 1. The van der Waals surface area contributed by atoms with E-state index in [0.29, 0.717) is 12.8 Å². The summed E-state index contributed by atoms with van der Waals surface area (Å²) in [4.78, 5) is 20.5. The largest absolute Gasteiger partial charge is 0.481 e. The lowest BCUT2D eigenvalue weighted by Crippen LogP contribution is -2.39. The first-order valence-corrected chi connectivity index (χ1v) is 9.13. The van der Waals surface area contributed by atoms with E-state index >= 15 is 0 Å². The summed E-state index contributed by atoms with van der Waals surface area (Å²) in [6, 6.07) is 14.8. The minimum Gasteiger partial charge on any atom is -0.481 e. The second kappa shape index (κ2) is 7.87. The number of aromatic nitrogens is 1. The molecule has 3 rings (SSSR count). The lowest BCUT2D eigenvalue weighted by molar-refractivity contribution is -0.143. The van der Waals surface area contributed by atoms with Gasteiger partial charge in [-0.2, -0.15) is 0 Å². The molecule has 0 spiro atoms. The number of likely N-dealkylation sites (tertiary alicyclic amines) is 1. The van der Waals surface area contributed by atoms with Gasteiger partial charge in [-0.1, -0.05) is 18.2 Å². The molecule has 1 aliphatic rings. The van der Waals surface area contributed by atoms with Gasteiger partial charge in [-0.3, -0.25) is 14.7 Å². The van der Waals surface area contributed by atoms with Crippen molar-refractivity contribution in [2.45, 2.75) is 25.8 Å². The van der Waals surface area contributed by atoms with Gasteiger partial charge in [0.05, 0.1) is 17.7 Å². The summed E-state index contributed by atoms with van der Waals surface area (Å²) >= 11 is 0. The molecule has 1 aromatic heterocycles. The van der Waals surface area contributed by atoms with Crippen molar-refractivity contribution in [1.82, 2.24) is 9.88 Å². The number of pyridine rings is 1. The molecule has 26 heavy (non-hydrogen) atoms. The van der Waals surface area contributed by atoms with Crippen LogP contribution in [0.2, 0.25) is 0 Å². The highest BCUT2D eigenvalue weighted by Crippen LogP contribution is 2.32. The van der Waals surface area contributed by atoms with Gasteiger partial charge in [-0.15, -0.1) is 0 Å². The van der Waals surface area contributed by atoms with E-state index in [0.717, 1.165) is 30.2 Å². The van der Waals surface area contributed by atoms with Gasteiger partial charge in [0.25, 0.3) is 0 Å². The zero-order valence-electron chi connectivity index (χ0n) is 15.7. The van der Waals surface area contributed by atoms with Crippen molar-refractivity contribution >= 4 is 11.7 Å². The Kier molecular flexibility index (Phi) is 5.57. The normalized spacial score (nSPS) is 17.0. The first kappa shape index (κ1) is 18.4. The van der Waals surface area contributed by atoms with Crippen molar-refractivity contribution in [3.63, 3.8) is 0 Å². The molecule has 2 aromatic rings. The maximum Gasteiger partial charge on any atom is 0.306 e. The van der Waals surface area contributed by atoms with Gasteiger partial charge in [0.15, 0.2) is 0 Å².